The summed E-state index contributed by atoms with van der Waals surface area (Å²) in [5.74, 6) is 0.374. The van der Waals surface area contributed by atoms with E-state index < -0.39 is 11.9 Å². The van der Waals surface area contributed by atoms with Crippen molar-refractivity contribution in [2.75, 3.05) is 19.8 Å². The monoisotopic (exact) mass is 467 g/mol. The average molecular weight is 468 g/mol. The lowest BCUT2D eigenvalue weighted by molar-refractivity contribution is 0.0177. The van der Waals surface area contributed by atoms with Crippen LogP contribution < -0.4 is 4.74 Å². The molecule has 0 saturated heterocycles. The molecule has 0 amide bonds. The molecule has 0 bridgehead atoms. The predicted molar refractivity (Wildman–Crippen MR) is 130 cm³/mol. The molecule has 1 atom stereocenters. The molecule has 1 heterocycles. The van der Waals surface area contributed by atoms with Crippen molar-refractivity contribution in [3.8, 4) is 17.3 Å². The van der Waals surface area contributed by atoms with Gasteiger partial charge in [0.05, 0.1) is 29.7 Å². The number of hydrogen-bond acceptors (Lipinski definition) is 5. The summed E-state index contributed by atoms with van der Waals surface area (Å²) in [4.78, 5) is 2.27. The number of benzene rings is 2. The Morgan fingerprint density at radius 3 is 2.47 bits per heavy atom. The Bertz CT molecular complexity index is 1070. The zero-order valence-corrected chi connectivity index (χ0v) is 20.2. The van der Waals surface area contributed by atoms with Crippen LogP contribution in [0.2, 0.25) is 0 Å². The number of hydrogen-bond donors (Lipinski definition) is 1. The van der Waals surface area contributed by atoms with Gasteiger partial charge in [0.15, 0.2) is 11.6 Å². The molecule has 0 spiro atoms. The zero-order chi connectivity index (χ0) is 24.1. The van der Waals surface area contributed by atoms with Crippen LogP contribution in [0, 0.1) is 5.82 Å². The quantitative estimate of drug-likeness (QED) is 0.392. The summed E-state index contributed by atoms with van der Waals surface area (Å²) >= 11 is 0. The molecule has 34 heavy (non-hydrogen) atoms. The van der Waals surface area contributed by atoms with Crippen LogP contribution >= 0.6 is 0 Å². The normalized spacial score (nSPS) is 14.7. The third kappa shape index (κ3) is 5.84. The molecular formula is C27H34FN3O3. The van der Waals surface area contributed by atoms with Crippen molar-refractivity contribution >= 4 is 0 Å². The lowest BCUT2D eigenvalue weighted by Crippen LogP contribution is -2.36. The first-order valence-corrected chi connectivity index (χ1v) is 12.1. The van der Waals surface area contributed by atoms with Gasteiger partial charge < -0.3 is 14.6 Å². The summed E-state index contributed by atoms with van der Waals surface area (Å²) in [6, 6.07) is 16.6. The van der Waals surface area contributed by atoms with Gasteiger partial charge in [-0.3, -0.25) is 4.90 Å². The molecule has 1 aromatic heterocycles. The molecule has 6 nitrogen and oxygen atoms in total. The molecule has 1 N–H and O–H groups in total. The minimum atomic E-state index is -0.580. The van der Waals surface area contributed by atoms with Crippen molar-refractivity contribution in [3.63, 3.8) is 0 Å². The summed E-state index contributed by atoms with van der Waals surface area (Å²) in [5, 5.41) is 15.5. The van der Waals surface area contributed by atoms with Gasteiger partial charge >= 0.3 is 0 Å². The van der Waals surface area contributed by atoms with Gasteiger partial charge in [0, 0.05) is 25.7 Å². The van der Waals surface area contributed by atoms with Gasteiger partial charge in [-0.2, -0.15) is 5.10 Å². The molecule has 0 unspecified atom stereocenters. The summed E-state index contributed by atoms with van der Waals surface area (Å²) in [5.41, 5.74) is 2.66. The maximum absolute atomic E-state index is 14.6. The number of para-hydroxylation sites is 2. The first kappa shape index (κ1) is 24.4. The maximum Gasteiger partial charge on any atom is 0.227 e. The van der Waals surface area contributed by atoms with E-state index in [0.717, 1.165) is 29.8 Å². The van der Waals surface area contributed by atoms with E-state index in [1.807, 2.05) is 37.3 Å². The second-order valence-corrected chi connectivity index (χ2v) is 9.08. The third-order valence-corrected chi connectivity index (χ3v) is 5.94. The molecule has 0 radical (unpaired) electrons. The van der Waals surface area contributed by atoms with Gasteiger partial charge in [-0.1, -0.05) is 44.2 Å². The SMILES string of the molecule is CCOC[C@H](O)CN(Cc1c(C(C)C)nn(-c2ccccc2)c1Oc1ccccc1F)C1CC1. The molecule has 3 aromatic rings. The molecular weight excluding hydrogens is 433 g/mol. The minimum Gasteiger partial charge on any atom is -0.435 e. The highest BCUT2D eigenvalue weighted by atomic mass is 19.1. The summed E-state index contributed by atoms with van der Waals surface area (Å²) in [7, 11) is 0. The van der Waals surface area contributed by atoms with E-state index in [1.54, 1.807) is 22.9 Å². The van der Waals surface area contributed by atoms with Crippen LogP contribution in [0.3, 0.4) is 0 Å². The van der Waals surface area contributed by atoms with Gasteiger partial charge in [-0.15, -0.1) is 0 Å². The Balaban J connectivity index is 1.75. The minimum absolute atomic E-state index is 0.136. The fraction of sp³-hybridized carbons (Fsp3) is 0.444. The van der Waals surface area contributed by atoms with Crippen molar-refractivity contribution in [2.45, 2.75) is 58.2 Å². The molecule has 1 aliphatic rings. The van der Waals surface area contributed by atoms with Gasteiger partial charge in [0.25, 0.3) is 0 Å². The van der Waals surface area contributed by atoms with Crippen molar-refractivity contribution in [1.82, 2.24) is 14.7 Å². The van der Waals surface area contributed by atoms with E-state index in [-0.39, 0.29) is 11.7 Å². The Morgan fingerprint density at radius 1 is 1.12 bits per heavy atom. The van der Waals surface area contributed by atoms with E-state index in [4.69, 9.17) is 14.6 Å². The highest BCUT2D eigenvalue weighted by Gasteiger charge is 2.33. The van der Waals surface area contributed by atoms with Crippen LogP contribution in [0.5, 0.6) is 11.6 Å². The Kier molecular flexibility index (Phi) is 7.98. The average Bonchev–Trinajstić information content (AvgIpc) is 3.62. The van der Waals surface area contributed by atoms with Crippen LogP contribution in [-0.2, 0) is 11.3 Å². The van der Waals surface area contributed by atoms with Crippen LogP contribution in [0.25, 0.3) is 5.69 Å². The van der Waals surface area contributed by atoms with Crippen LogP contribution in [0.1, 0.15) is 50.8 Å². The number of aliphatic hydroxyl groups is 1. The molecule has 0 aliphatic heterocycles. The number of aliphatic hydroxyl groups excluding tert-OH is 1. The number of aromatic nitrogens is 2. The van der Waals surface area contributed by atoms with E-state index in [9.17, 15) is 9.50 Å². The van der Waals surface area contributed by atoms with Gasteiger partial charge in [-0.25, -0.2) is 9.07 Å². The lowest BCUT2D eigenvalue weighted by atomic mass is 10.1. The number of rotatable bonds is 12. The van der Waals surface area contributed by atoms with E-state index in [2.05, 4.69) is 18.7 Å². The fourth-order valence-corrected chi connectivity index (χ4v) is 4.11. The van der Waals surface area contributed by atoms with Crippen molar-refractivity contribution in [3.05, 3.63) is 71.7 Å². The van der Waals surface area contributed by atoms with E-state index in [1.165, 1.54) is 6.07 Å². The standard InChI is InChI=1S/C27H34FN3O3/c1-4-33-18-22(32)16-30(20-14-15-20)17-23-26(19(2)3)29-31(21-10-6-5-7-11-21)27(23)34-25-13-9-8-12-24(25)28/h5-13,19-20,22,32H,4,14-18H2,1-3H3/t22-/m1/s1. The third-order valence-electron chi connectivity index (χ3n) is 5.94. The number of nitrogens with zero attached hydrogens (tertiary/aromatic N) is 3. The molecule has 1 saturated carbocycles. The van der Waals surface area contributed by atoms with Gasteiger partial charge in [0.1, 0.15) is 0 Å². The van der Waals surface area contributed by atoms with E-state index in [0.29, 0.717) is 38.2 Å². The zero-order valence-electron chi connectivity index (χ0n) is 20.2. The van der Waals surface area contributed by atoms with Crippen molar-refractivity contribution in [1.29, 1.82) is 0 Å². The smallest absolute Gasteiger partial charge is 0.227 e. The Morgan fingerprint density at radius 2 is 1.82 bits per heavy atom. The van der Waals surface area contributed by atoms with Crippen molar-refractivity contribution < 1.29 is 19.0 Å². The van der Waals surface area contributed by atoms with E-state index >= 15 is 0 Å². The molecule has 1 aliphatic carbocycles. The topological polar surface area (TPSA) is 59.8 Å². The molecule has 4 rings (SSSR count). The molecule has 1 fully saturated rings. The highest BCUT2D eigenvalue weighted by molar-refractivity contribution is 5.44. The molecule has 7 heteroatoms. The predicted octanol–water partition coefficient (Wildman–Crippen LogP) is 5.29. The fourth-order valence-electron chi connectivity index (χ4n) is 4.11. The first-order chi connectivity index (χ1) is 16.5. The van der Waals surface area contributed by atoms with Crippen LogP contribution in [0.4, 0.5) is 4.39 Å². The van der Waals surface area contributed by atoms with Crippen LogP contribution in [0.15, 0.2) is 54.6 Å². The Hall–Kier alpha value is -2.74. The maximum atomic E-state index is 14.6. The first-order valence-electron chi connectivity index (χ1n) is 12.1. The van der Waals surface area contributed by atoms with Gasteiger partial charge in [0.2, 0.25) is 5.88 Å². The summed E-state index contributed by atoms with van der Waals surface area (Å²) in [6.45, 7) is 8.04. The van der Waals surface area contributed by atoms with Gasteiger partial charge in [-0.05, 0) is 49.9 Å². The summed E-state index contributed by atoms with van der Waals surface area (Å²) in [6.07, 6.45) is 1.60. The second-order valence-electron chi connectivity index (χ2n) is 9.08. The highest BCUT2D eigenvalue weighted by Crippen LogP contribution is 2.37. The second kappa shape index (κ2) is 11.1. The largest absolute Gasteiger partial charge is 0.435 e. The van der Waals surface area contributed by atoms with Crippen LogP contribution in [-0.4, -0.2) is 51.7 Å². The Labute approximate surface area is 200 Å². The number of halogens is 1. The molecule has 182 valence electrons. The summed E-state index contributed by atoms with van der Waals surface area (Å²) < 4.78 is 28.0. The lowest BCUT2D eigenvalue weighted by Gasteiger charge is -2.25. The van der Waals surface area contributed by atoms with Crippen molar-refractivity contribution in [2.24, 2.45) is 0 Å². The molecule has 2 aromatic carbocycles. The number of ether oxygens (including phenoxy) is 2.